The van der Waals surface area contributed by atoms with Gasteiger partial charge in [0.25, 0.3) is 0 Å². The Morgan fingerprint density at radius 1 is 0.839 bits per heavy atom. The number of nitrogens with one attached hydrogen (secondary N) is 2. The van der Waals surface area contributed by atoms with Crippen LogP contribution >= 0.6 is 0 Å². The van der Waals surface area contributed by atoms with Crippen molar-refractivity contribution in [2.24, 2.45) is 0 Å². The van der Waals surface area contributed by atoms with Crippen molar-refractivity contribution >= 4 is 17.5 Å². The maximum absolute atomic E-state index is 13.0. The number of amides is 2. The fourth-order valence-corrected chi connectivity index (χ4v) is 3.46. The quantitative estimate of drug-likeness (QED) is 0.581. The van der Waals surface area contributed by atoms with E-state index in [-0.39, 0.29) is 24.4 Å². The number of hydrogen-bond donors (Lipinski definition) is 2. The first-order chi connectivity index (χ1) is 14.9. The lowest BCUT2D eigenvalue weighted by Gasteiger charge is -2.27. The van der Waals surface area contributed by atoms with Crippen molar-refractivity contribution in [3.05, 3.63) is 102 Å². The third-order valence-corrected chi connectivity index (χ3v) is 5.15. The maximum atomic E-state index is 13.0. The molecule has 0 heterocycles. The Bertz CT molecular complexity index is 949. The van der Waals surface area contributed by atoms with E-state index in [0.717, 1.165) is 22.4 Å². The molecule has 3 aromatic carbocycles. The van der Waals surface area contributed by atoms with Gasteiger partial charge in [-0.05, 0) is 37.1 Å². The maximum Gasteiger partial charge on any atom is 0.243 e. The molecule has 0 saturated carbocycles. The second-order valence-corrected chi connectivity index (χ2v) is 7.75. The molecule has 0 bridgehead atoms. The molecule has 2 amide bonds. The molecule has 3 aromatic rings. The molecule has 0 fully saturated rings. The van der Waals surface area contributed by atoms with Crippen LogP contribution in [0.1, 0.15) is 29.7 Å². The largest absolute Gasteiger partial charge is 0.335 e. The number of anilines is 1. The van der Waals surface area contributed by atoms with Crippen LogP contribution in [0.5, 0.6) is 0 Å². The van der Waals surface area contributed by atoms with E-state index in [9.17, 15) is 9.59 Å². The summed E-state index contributed by atoms with van der Waals surface area (Å²) in [4.78, 5) is 26.8. The van der Waals surface area contributed by atoms with E-state index >= 15 is 0 Å². The summed E-state index contributed by atoms with van der Waals surface area (Å²) < 4.78 is 0. The van der Waals surface area contributed by atoms with Gasteiger partial charge in [0.15, 0.2) is 0 Å². The van der Waals surface area contributed by atoms with Gasteiger partial charge in [-0.2, -0.15) is 0 Å². The minimum Gasteiger partial charge on any atom is -0.335 e. The van der Waals surface area contributed by atoms with Crippen molar-refractivity contribution in [1.29, 1.82) is 0 Å². The smallest absolute Gasteiger partial charge is 0.243 e. The van der Waals surface area contributed by atoms with Gasteiger partial charge in [-0.15, -0.1) is 0 Å². The van der Waals surface area contributed by atoms with Crippen molar-refractivity contribution in [2.75, 3.05) is 18.9 Å². The molecule has 0 aliphatic carbocycles. The zero-order chi connectivity index (χ0) is 22.2. The van der Waals surface area contributed by atoms with Crippen LogP contribution < -0.4 is 10.6 Å². The summed E-state index contributed by atoms with van der Waals surface area (Å²) in [6, 6.07) is 27.0. The summed E-state index contributed by atoms with van der Waals surface area (Å²) in [5, 5.41) is 6.27. The van der Waals surface area contributed by atoms with E-state index in [1.807, 2.05) is 98.8 Å². The molecule has 3 rings (SSSR count). The first-order valence-corrected chi connectivity index (χ1v) is 10.4. The first-order valence-electron chi connectivity index (χ1n) is 10.4. The SMILES string of the molecule is Cc1ccc(NC(=O)CN(C)C(=O)[C@@H](C)NC(c2ccccc2)c2ccccc2)cc1. The second-order valence-electron chi connectivity index (χ2n) is 7.75. The van der Waals surface area contributed by atoms with Gasteiger partial charge in [-0.25, -0.2) is 0 Å². The summed E-state index contributed by atoms with van der Waals surface area (Å²) in [6.45, 7) is 3.81. The second kappa shape index (κ2) is 10.5. The summed E-state index contributed by atoms with van der Waals surface area (Å²) >= 11 is 0. The predicted molar refractivity (Wildman–Crippen MR) is 125 cm³/mol. The van der Waals surface area contributed by atoms with Gasteiger partial charge in [0, 0.05) is 12.7 Å². The van der Waals surface area contributed by atoms with Crippen molar-refractivity contribution in [1.82, 2.24) is 10.2 Å². The van der Waals surface area contributed by atoms with Crippen LogP contribution in [0.15, 0.2) is 84.9 Å². The first kappa shape index (κ1) is 22.2. The highest BCUT2D eigenvalue weighted by molar-refractivity contribution is 5.95. The molecule has 2 N–H and O–H groups in total. The zero-order valence-electron chi connectivity index (χ0n) is 18.2. The monoisotopic (exact) mass is 415 g/mol. The topological polar surface area (TPSA) is 61.4 Å². The summed E-state index contributed by atoms with van der Waals surface area (Å²) in [6.07, 6.45) is 0. The van der Waals surface area contributed by atoms with Gasteiger partial charge in [-0.1, -0.05) is 78.4 Å². The van der Waals surface area contributed by atoms with Crippen LogP contribution in [-0.2, 0) is 9.59 Å². The van der Waals surface area contributed by atoms with Gasteiger partial charge >= 0.3 is 0 Å². The van der Waals surface area contributed by atoms with Gasteiger partial charge < -0.3 is 10.2 Å². The molecule has 0 spiro atoms. The molecule has 0 radical (unpaired) electrons. The molecule has 1 atom stereocenters. The average Bonchev–Trinajstić information content (AvgIpc) is 2.79. The standard InChI is InChI=1S/C26H29N3O2/c1-19-14-16-23(17-15-19)28-24(30)18-29(3)26(31)20(2)27-25(21-10-6-4-7-11-21)22-12-8-5-9-13-22/h4-17,20,25,27H,18H2,1-3H3,(H,28,30)/t20-/m1/s1. The van der Waals surface area contributed by atoms with E-state index in [2.05, 4.69) is 10.6 Å². The minimum absolute atomic E-state index is 0.0138. The normalized spacial score (nSPS) is 11.7. The highest BCUT2D eigenvalue weighted by Crippen LogP contribution is 2.22. The van der Waals surface area contributed by atoms with E-state index in [0.29, 0.717) is 0 Å². The minimum atomic E-state index is -0.470. The summed E-state index contributed by atoms with van der Waals surface area (Å²) in [5.74, 6) is -0.370. The molecule has 0 aliphatic heterocycles. The highest BCUT2D eigenvalue weighted by Gasteiger charge is 2.24. The number of nitrogens with zero attached hydrogens (tertiary/aromatic N) is 1. The van der Waals surface area contributed by atoms with Crippen LogP contribution in [0, 0.1) is 6.92 Å². The van der Waals surface area contributed by atoms with E-state index in [4.69, 9.17) is 0 Å². The Hall–Kier alpha value is -3.44. The number of aryl methyl sites for hydroxylation is 1. The number of hydrogen-bond acceptors (Lipinski definition) is 3. The van der Waals surface area contributed by atoms with Gasteiger partial charge in [-0.3, -0.25) is 14.9 Å². The van der Waals surface area contributed by atoms with Crippen molar-refractivity contribution in [2.45, 2.75) is 25.9 Å². The van der Waals surface area contributed by atoms with Gasteiger partial charge in [0.05, 0.1) is 18.6 Å². The molecule has 31 heavy (non-hydrogen) atoms. The zero-order valence-corrected chi connectivity index (χ0v) is 18.2. The Labute approximate surface area is 184 Å². The molecule has 5 nitrogen and oxygen atoms in total. The Balaban J connectivity index is 1.64. The number of carbonyl (C=O) groups is 2. The number of rotatable bonds is 8. The molecule has 160 valence electrons. The molecule has 5 heteroatoms. The molecule has 0 aromatic heterocycles. The lowest BCUT2D eigenvalue weighted by Crippen LogP contribution is -2.46. The van der Waals surface area contributed by atoms with Gasteiger partial charge in [0.1, 0.15) is 0 Å². The number of likely N-dealkylation sites (N-methyl/N-ethyl adjacent to an activating group) is 1. The fourth-order valence-electron chi connectivity index (χ4n) is 3.46. The van der Waals surface area contributed by atoms with Crippen molar-refractivity contribution in [3.8, 4) is 0 Å². The van der Waals surface area contributed by atoms with E-state index in [1.165, 1.54) is 4.90 Å². The molecule has 0 saturated heterocycles. The van der Waals surface area contributed by atoms with Crippen LogP contribution in [0.2, 0.25) is 0 Å². The molecular weight excluding hydrogens is 386 g/mol. The third-order valence-electron chi connectivity index (χ3n) is 5.15. The number of benzene rings is 3. The average molecular weight is 416 g/mol. The molecule has 0 unspecified atom stereocenters. The van der Waals surface area contributed by atoms with Gasteiger partial charge in [0.2, 0.25) is 11.8 Å². The van der Waals surface area contributed by atoms with Crippen molar-refractivity contribution in [3.63, 3.8) is 0 Å². The van der Waals surface area contributed by atoms with Crippen LogP contribution in [0.25, 0.3) is 0 Å². The van der Waals surface area contributed by atoms with Crippen LogP contribution in [0.4, 0.5) is 5.69 Å². The Kier molecular flexibility index (Phi) is 7.57. The lowest BCUT2D eigenvalue weighted by molar-refractivity contribution is -0.134. The molecule has 0 aliphatic rings. The van der Waals surface area contributed by atoms with E-state index in [1.54, 1.807) is 7.05 Å². The molecular formula is C26H29N3O2. The Morgan fingerprint density at radius 2 is 1.35 bits per heavy atom. The summed E-state index contributed by atoms with van der Waals surface area (Å²) in [7, 11) is 1.65. The fraction of sp³-hybridized carbons (Fsp3) is 0.231. The van der Waals surface area contributed by atoms with Crippen LogP contribution in [0.3, 0.4) is 0 Å². The van der Waals surface area contributed by atoms with Crippen molar-refractivity contribution < 1.29 is 9.59 Å². The summed E-state index contributed by atoms with van der Waals surface area (Å²) in [5.41, 5.74) is 3.99. The Morgan fingerprint density at radius 3 is 1.87 bits per heavy atom. The highest BCUT2D eigenvalue weighted by atomic mass is 16.2. The van der Waals surface area contributed by atoms with Crippen LogP contribution in [-0.4, -0.2) is 36.3 Å². The van der Waals surface area contributed by atoms with E-state index < -0.39 is 6.04 Å². The third kappa shape index (κ3) is 6.27. The lowest BCUT2D eigenvalue weighted by atomic mass is 9.98. The predicted octanol–water partition coefficient (Wildman–Crippen LogP) is 4.16. The number of carbonyl (C=O) groups excluding carboxylic acids is 2.